The van der Waals surface area contributed by atoms with Crippen LogP contribution in [0.3, 0.4) is 0 Å². The first kappa shape index (κ1) is 41.5. The molecule has 8 rings (SSSR count). The maximum atomic E-state index is 13.1. The first-order chi connectivity index (χ1) is 29.4. The third-order valence-electron chi connectivity index (χ3n) is 12.1. The average molecular weight is 829 g/mol. The lowest BCUT2D eigenvalue weighted by molar-refractivity contribution is -0.136. The first-order valence-electron chi connectivity index (χ1n) is 21.9. The maximum Gasteiger partial charge on any atom is 0.255 e. The third-order valence-corrected chi connectivity index (χ3v) is 13.3. The standard InChI is InChI=1S/C47H56N8O4S/c48-44-42-43(33-21-23-36(24-22-33)59-35-17-10-9-11-18-35)52-55(45(42)50-32-49-44)34-16-15-28-53(30-34)27-12-7-5-3-1-2-4-6-8-13-29-60-40-20-14-19-37-38(40)31-54(47(37)58)39-25-26-41(56)51-46(39)57/h9-11,14,17-24,32,34,39H,1-8,12-13,15-16,25-31H2,(H2,48,49,50)(H,51,56,57). The second kappa shape index (κ2) is 19.9. The number of likely N-dealkylation sites (tertiary alicyclic amines) is 1. The summed E-state index contributed by atoms with van der Waals surface area (Å²) < 4.78 is 8.11. The van der Waals surface area contributed by atoms with Crippen molar-refractivity contribution in [3.05, 3.63) is 90.3 Å². The number of fused-ring (bicyclic) bond motifs is 2. The Morgan fingerprint density at radius 2 is 1.53 bits per heavy atom. The van der Waals surface area contributed by atoms with E-state index in [4.69, 9.17) is 15.6 Å². The number of piperidine rings is 2. The zero-order valence-electron chi connectivity index (χ0n) is 34.4. The number of rotatable bonds is 19. The van der Waals surface area contributed by atoms with Crippen LogP contribution in [0.25, 0.3) is 22.3 Å². The topological polar surface area (TPSA) is 149 Å². The number of nitrogen functional groups attached to an aromatic ring is 1. The molecule has 314 valence electrons. The molecule has 0 bridgehead atoms. The van der Waals surface area contributed by atoms with Crippen molar-refractivity contribution in [2.75, 3.05) is 31.1 Å². The molecule has 12 nitrogen and oxygen atoms in total. The zero-order chi connectivity index (χ0) is 41.3. The lowest BCUT2D eigenvalue weighted by Crippen LogP contribution is -2.52. The minimum atomic E-state index is -0.574. The van der Waals surface area contributed by atoms with Crippen molar-refractivity contribution >= 4 is 46.3 Å². The van der Waals surface area contributed by atoms with Crippen molar-refractivity contribution in [2.45, 2.75) is 113 Å². The maximum absolute atomic E-state index is 13.1. The number of imide groups is 1. The molecule has 3 aliphatic heterocycles. The van der Waals surface area contributed by atoms with E-state index in [1.165, 1.54) is 57.8 Å². The molecule has 2 fully saturated rings. The van der Waals surface area contributed by atoms with Gasteiger partial charge in [0.05, 0.1) is 11.4 Å². The molecule has 2 saturated heterocycles. The highest BCUT2D eigenvalue weighted by Crippen LogP contribution is 2.36. The van der Waals surface area contributed by atoms with Gasteiger partial charge in [-0.25, -0.2) is 14.6 Å². The highest BCUT2D eigenvalue weighted by Gasteiger charge is 2.40. The predicted molar refractivity (Wildman–Crippen MR) is 236 cm³/mol. The van der Waals surface area contributed by atoms with Gasteiger partial charge in [0, 0.05) is 35.5 Å². The third kappa shape index (κ3) is 9.84. The van der Waals surface area contributed by atoms with Gasteiger partial charge in [-0.3, -0.25) is 19.7 Å². The second-order valence-electron chi connectivity index (χ2n) is 16.4. The summed E-state index contributed by atoms with van der Waals surface area (Å²) in [7, 11) is 0. The quantitative estimate of drug-likeness (QED) is 0.0470. The number of nitrogens with one attached hydrogen (secondary N) is 1. The Labute approximate surface area is 356 Å². The minimum Gasteiger partial charge on any atom is -0.457 e. The van der Waals surface area contributed by atoms with Gasteiger partial charge in [0.2, 0.25) is 11.8 Å². The summed E-state index contributed by atoms with van der Waals surface area (Å²) in [4.78, 5) is 51.5. The largest absolute Gasteiger partial charge is 0.457 e. The van der Waals surface area contributed by atoms with E-state index >= 15 is 0 Å². The highest BCUT2D eigenvalue weighted by molar-refractivity contribution is 7.99. The number of nitrogens with two attached hydrogens (primary N) is 1. The molecule has 3 amide bonds. The van der Waals surface area contributed by atoms with E-state index in [-0.39, 0.29) is 30.2 Å². The van der Waals surface area contributed by atoms with Gasteiger partial charge >= 0.3 is 0 Å². The SMILES string of the molecule is Nc1ncnc2c1c(-c1ccc(Oc3ccccc3)cc1)nn2C1CCCN(CCCCCCCCCCCCSc2cccc3c2CN(C2CCC(=O)NC2=O)C3=O)C1. The Morgan fingerprint density at radius 1 is 0.800 bits per heavy atom. The molecule has 3 aliphatic rings. The average Bonchev–Trinajstić information content (AvgIpc) is 3.82. The molecule has 60 heavy (non-hydrogen) atoms. The summed E-state index contributed by atoms with van der Waals surface area (Å²) in [5, 5.41) is 8.33. The van der Waals surface area contributed by atoms with Crippen LogP contribution in [0.2, 0.25) is 0 Å². The van der Waals surface area contributed by atoms with E-state index in [1.54, 1.807) is 11.2 Å². The van der Waals surface area contributed by atoms with Crippen molar-refractivity contribution in [2.24, 2.45) is 0 Å². The van der Waals surface area contributed by atoms with Crippen molar-refractivity contribution < 1.29 is 19.1 Å². The van der Waals surface area contributed by atoms with Crippen LogP contribution in [0, 0.1) is 0 Å². The molecular formula is C47H56N8O4S. The number of carbonyl (C=O) groups is 3. The first-order valence-corrected chi connectivity index (χ1v) is 22.9. The Morgan fingerprint density at radius 3 is 2.30 bits per heavy atom. The van der Waals surface area contributed by atoms with E-state index in [0.29, 0.717) is 24.3 Å². The summed E-state index contributed by atoms with van der Waals surface area (Å²) in [6.45, 7) is 3.63. The Bertz CT molecular complexity index is 2270. The summed E-state index contributed by atoms with van der Waals surface area (Å²) in [5.74, 6) is 2.29. The van der Waals surface area contributed by atoms with Crippen molar-refractivity contribution in [1.29, 1.82) is 0 Å². The number of aromatic nitrogens is 4. The number of unbranched alkanes of at least 4 members (excludes halogenated alkanes) is 9. The van der Waals surface area contributed by atoms with E-state index in [9.17, 15) is 14.4 Å². The number of carbonyl (C=O) groups excluding carboxylic acids is 3. The fourth-order valence-electron chi connectivity index (χ4n) is 8.92. The molecule has 2 aromatic heterocycles. The minimum absolute atomic E-state index is 0.107. The lowest BCUT2D eigenvalue weighted by atomic mass is 10.0. The van der Waals surface area contributed by atoms with E-state index in [2.05, 4.69) is 30.9 Å². The number of anilines is 1. The smallest absolute Gasteiger partial charge is 0.255 e. The molecule has 0 aliphatic carbocycles. The van der Waals surface area contributed by atoms with Crippen LogP contribution >= 0.6 is 11.8 Å². The number of benzene rings is 3. The predicted octanol–water partition coefficient (Wildman–Crippen LogP) is 8.96. The van der Waals surface area contributed by atoms with Crippen molar-refractivity contribution in [3.8, 4) is 22.8 Å². The Kier molecular flexibility index (Phi) is 13.7. The van der Waals surface area contributed by atoms with Gasteiger partial charge in [0.25, 0.3) is 5.91 Å². The normalized spacial score (nSPS) is 18.3. The van der Waals surface area contributed by atoms with Gasteiger partial charge in [-0.05, 0) is 105 Å². The summed E-state index contributed by atoms with van der Waals surface area (Å²) in [6.07, 6.45) is 17.0. The number of hydrogen-bond acceptors (Lipinski definition) is 10. The van der Waals surface area contributed by atoms with Gasteiger partial charge in [-0.1, -0.05) is 75.6 Å². The fraction of sp³-hybridized carbons (Fsp3) is 0.447. The van der Waals surface area contributed by atoms with Crippen LogP contribution in [0.1, 0.15) is 112 Å². The van der Waals surface area contributed by atoms with Crippen LogP contribution in [0.4, 0.5) is 5.82 Å². The van der Waals surface area contributed by atoms with E-state index in [1.807, 2.05) is 78.5 Å². The number of hydrogen-bond donors (Lipinski definition) is 2. The number of ether oxygens (including phenoxy) is 1. The summed E-state index contributed by atoms with van der Waals surface area (Å²) in [6, 6.07) is 23.3. The van der Waals surface area contributed by atoms with Crippen LogP contribution in [0.5, 0.6) is 11.5 Å². The molecule has 0 spiro atoms. The molecule has 3 N–H and O–H groups in total. The molecule has 2 unspecified atom stereocenters. The molecule has 0 radical (unpaired) electrons. The summed E-state index contributed by atoms with van der Waals surface area (Å²) >= 11 is 1.81. The van der Waals surface area contributed by atoms with Gasteiger partial charge in [-0.2, -0.15) is 5.10 Å². The van der Waals surface area contributed by atoms with Gasteiger partial charge < -0.3 is 20.3 Å². The van der Waals surface area contributed by atoms with Crippen molar-refractivity contribution in [1.82, 2.24) is 34.9 Å². The molecule has 5 aromatic rings. The molecule has 13 heteroatoms. The molecule has 0 saturated carbocycles. The Hall–Kier alpha value is -5.27. The van der Waals surface area contributed by atoms with Gasteiger partial charge in [0.15, 0.2) is 5.65 Å². The molecule has 5 heterocycles. The van der Waals surface area contributed by atoms with Crippen LogP contribution in [-0.2, 0) is 16.1 Å². The molecule has 2 atom stereocenters. The van der Waals surface area contributed by atoms with E-state index in [0.717, 1.165) is 88.9 Å². The number of nitrogens with zero attached hydrogens (tertiary/aromatic N) is 6. The monoisotopic (exact) mass is 828 g/mol. The fourth-order valence-corrected chi connectivity index (χ4v) is 10.0. The second-order valence-corrected chi connectivity index (χ2v) is 17.5. The highest BCUT2D eigenvalue weighted by atomic mass is 32.2. The van der Waals surface area contributed by atoms with E-state index < -0.39 is 6.04 Å². The van der Waals surface area contributed by atoms with Crippen LogP contribution in [0.15, 0.2) is 84.0 Å². The van der Waals surface area contributed by atoms with Crippen molar-refractivity contribution in [3.63, 3.8) is 0 Å². The zero-order valence-corrected chi connectivity index (χ0v) is 35.2. The number of thioether (sulfide) groups is 1. The van der Waals surface area contributed by atoms with Crippen LogP contribution in [-0.4, -0.2) is 78.7 Å². The molecule has 3 aromatic carbocycles. The number of para-hydroxylation sites is 1. The number of amides is 3. The summed E-state index contributed by atoms with van der Waals surface area (Å²) in [5.41, 5.74) is 10.7. The molecular weight excluding hydrogens is 773 g/mol. The Balaban J connectivity index is 0.710. The van der Waals surface area contributed by atoms with Crippen LogP contribution < -0.4 is 15.8 Å². The lowest BCUT2D eigenvalue weighted by Gasteiger charge is -2.33. The van der Waals surface area contributed by atoms with Gasteiger partial charge in [0.1, 0.15) is 35.4 Å². The van der Waals surface area contributed by atoms with Gasteiger partial charge in [-0.15, -0.1) is 11.8 Å².